The number of hydrogen-bond donors (Lipinski definition) is 0. The summed E-state index contributed by atoms with van der Waals surface area (Å²) in [7, 11) is 1.96. The molecule has 39 heavy (non-hydrogen) atoms. The summed E-state index contributed by atoms with van der Waals surface area (Å²) in [6, 6.07) is 48.6. The van der Waals surface area contributed by atoms with Gasteiger partial charge in [0, 0.05) is 10.8 Å². The van der Waals surface area contributed by atoms with E-state index >= 15 is 0 Å². The SMILES string of the molecule is c1ccc2cc3c(ccc4cccc(P=[N+]=Pc5cccc6ccc7cc8ccccc8cc7c56)c43)cc2c1. The molecule has 8 rings (SSSR count). The van der Waals surface area contributed by atoms with Crippen LogP contribution < -0.4 is 14.8 Å². The van der Waals surface area contributed by atoms with Gasteiger partial charge < -0.3 is 0 Å². The average molecular weight is 531 g/mol. The first-order chi connectivity index (χ1) is 19.3. The summed E-state index contributed by atoms with van der Waals surface area (Å²) in [4.78, 5) is 0. The zero-order valence-electron chi connectivity index (χ0n) is 21.0. The molecule has 0 radical (unpaired) electrons. The van der Waals surface area contributed by atoms with Gasteiger partial charge in [0.2, 0.25) is 0 Å². The maximum atomic E-state index is 5.09. The minimum atomic E-state index is 0.982. The third kappa shape index (κ3) is 3.84. The molecule has 0 bridgehead atoms. The molecule has 0 saturated carbocycles. The Bertz CT molecular complexity index is 2170. The van der Waals surface area contributed by atoms with Gasteiger partial charge >= 0.3 is 16.7 Å². The number of rotatable bonds is 2. The van der Waals surface area contributed by atoms with E-state index in [0.29, 0.717) is 0 Å². The lowest BCUT2D eigenvalue weighted by molar-refractivity contribution is 1.78. The zero-order valence-corrected chi connectivity index (χ0v) is 22.8. The summed E-state index contributed by atoms with van der Waals surface area (Å²) in [6.45, 7) is 0. The second-order valence-corrected chi connectivity index (χ2v) is 12.1. The molecule has 0 heterocycles. The van der Waals surface area contributed by atoms with Crippen LogP contribution in [0, 0.1) is 0 Å². The Kier molecular flexibility index (Phi) is 5.29. The van der Waals surface area contributed by atoms with E-state index in [-0.39, 0.29) is 0 Å². The van der Waals surface area contributed by atoms with E-state index in [9.17, 15) is 0 Å². The molecule has 8 aromatic carbocycles. The Morgan fingerprint density at radius 1 is 0.333 bits per heavy atom. The largest absolute Gasteiger partial charge is 0.400 e. The number of nitrogens with zero attached hydrogens (tertiary/aromatic N) is 1. The quantitative estimate of drug-likeness (QED) is 0.0914. The molecule has 0 aliphatic heterocycles. The summed E-state index contributed by atoms with van der Waals surface area (Å²) in [6.07, 6.45) is 0. The molecule has 0 fully saturated rings. The molecule has 0 aliphatic carbocycles. The second kappa shape index (κ2) is 9.13. The third-order valence-corrected chi connectivity index (χ3v) is 9.61. The van der Waals surface area contributed by atoms with E-state index in [0.717, 1.165) is 16.7 Å². The Morgan fingerprint density at radius 3 is 1.18 bits per heavy atom. The van der Waals surface area contributed by atoms with Gasteiger partial charge in [-0.25, -0.2) is 0 Å². The van der Waals surface area contributed by atoms with Crippen molar-refractivity contribution >= 4 is 92.0 Å². The van der Waals surface area contributed by atoms with Crippen molar-refractivity contribution in [3.63, 3.8) is 0 Å². The van der Waals surface area contributed by atoms with Crippen LogP contribution in [0.3, 0.4) is 0 Å². The molecule has 0 atom stereocenters. The lowest BCUT2D eigenvalue weighted by Gasteiger charge is -2.07. The second-order valence-electron chi connectivity index (χ2n) is 10.0. The van der Waals surface area contributed by atoms with Crippen LogP contribution in [0.1, 0.15) is 0 Å². The topological polar surface area (TPSA) is 14.1 Å². The van der Waals surface area contributed by atoms with E-state index in [2.05, 4.69) is 133 Å². The van der Waals surface area contributed by atoms with Gasteiger partial charge in [-0.3, -0.25) is 0 Å². The summed E-state index contributed by atoms with van der Waals surface area (Å²) in [5.74, 6) is 0. The van der Waals surface area contributed by atoms with Crippen molar-refractivity contribution in [2.75, 3.05) is 0 Å². The maximum Gasteiger partial charge on any atom is 0.400 e. The molecule has 0 amide bonds. The highest BCUT2D eigenvalue weighted by Crippen LogP contribution is 2.31. The van der Waals surface area contributed by atoms with Crippen molar-refractivity contribution in [3.8, 4) is 0 Å². The standard InChI is InChI=1S/C36H22NP2/c1-3-9-27-21-31-29(19-25(27)7-1)17-15-23-11-5-13-33(35(23)31)38-37-39-34-14-6-12-24-16-18-30-20-26-8-2-4-10-28(26)22-32(30)36(24)34/h1-22H/q+1. The van der Waals surface area contributed by atoms with Crippen molar-refractivity contribution in [3.05, 3.63) is 133 Å². The smallest absolute Gasteiger partial charge is 0.0616 e. The van der Waals surface area contributed by atoms with Crippen molar-refractivity contribution in [1.29, 1.82) is 0 Å². The molecule has 0 spiro atoms. The van der Waals surface area contributed by atoms with E-state index in [1.54, 1.807) is 0 Å². The highest BCUT2D eigenvalue weighted by atomic mass is 31.1. The normalized spacial score (nSPS) is 11.9. The van der Waals surface area contributed by atoms with Crippen LogP contribution >= 0.6 is 16.7 Å². The fraction of sp³-hybridized carbons (Fsp3) is 0. The maximum absolute atomic E-state index is 5.09. The number of benzene rings is 8. The predicted octanol–water partition coefficient (Wildman–Crippen LogP) is 9.88. The zero-order chi connectivity index (χ0) is 25.8. The Morgan fingerprint density at radius 2 is 0.718 bits per heavy atom. The Balaban J connectivity index is 1.33. The molecule has 0 aliphatic rings. The van der Waals surface area contributed by atoms with Crippen LogP contribution in [0.2, 0.25) is 0 Å². The van der Waals surface area contributed by atoms with Crippen molar-refractivity contribution in [2.24, 2.45) is 0 Å². The van der Waals surface area contributed by atoms with E-state index in [4.69, 9.17) is 4.17 Å². The van der Waals surface area contributed by atoms with Crippen LogP contribution in [0.15, 0.2) is 133 Å². The van der Waals surface area contributed by atoms with Gasteiger partial charge in [0.25, 0.3) is 0 Å². The van der Waals surface area contributed by atoms with Gasteiger partial charge in [0.1, 0.15) is 0 Å². The fourth-order valence-corrected chi connectivity index (χ4v) is 7.80. The summed E-state index contributed by atoms with van der Waals surface area (Å²) < 4.78 is 5.09. The van der Waals surface area contributed by atoms with Gasteiger partial charge in [0.15, 0.2) is 0 Å². The van der Waals surface area contributed by atoms with Crippen LogP contribution in [-0.4, -0.2) is 0 Å². The van der Waals surface area contributed by atoms with Gasteiger partial charge in [-0.05, 0) is 90.3 Å². The molecule has 1 nitrogen and oxygen atoms in total. The summed E-state index contributed by atoms with van der Waals surface area (Å²) >= 11 is 0. The van der Waals surface area contributed by atoms with E-state index in [1.165, 1.54) is 75.2 Å². The van der Waals surface area contributed by atoms with E-state index < -0.39 is 0 Å². The molecule has 0 unspecified atom stereocenters. The summed E-state index contributed by atoms with van der Waals surface area (Å²) in [5, 5.41) is 17.9. The van der Waals surface area contributed by atoms with Gasteiger partial charge in [0.05, 0.1) is 10.6 Å². The molecule has 0 N–H and O–H groups in total. The molecular weight excluding hydrogens is 508 g/mol. The minimum Gasteiger partial charge on any atom is -0.0616 e. The molecule has 180 valence electrons. The highest BCUT2D eigenvalue weighted by molar-refractivity contribution is 7.45. The van der Waals surface area contributed by atoms with Crippen molar-refractivity contribution in [1.82, 2.24) is 4.17 Å². The molecule has 0 saturated heterocycles. The average Bonchev–Trinajstić information content (AvgIpc) is 2.99. The van der Waals surface area contributed by atoms with Crippen LogP contribution in [0.4, 0.5) is 0 Å². The fourth-order valence-electron chi connectivity index (χ4n) is 5.85. The molecule has 0 aromatic heterocycles. The predicted molar refractivity (Wildman–Crippen MR) is 173 cm³/mol. The first-order valence-electron chi connectivity index (χ1n) is 13.1. The third-order valence-electron chi connectivity index (χ3n) is 7.71. The van der Waals surface area contributed by atoms with Gasteiger partial charge in [-0.2, -0.15) is 0 Å². The molecule has 8 aromatic rings. The lowest BCUT2D eigenvalue weighted by atomic mass is 9.98. The van der Waals surface area contributed by atoms with Gasteiger partial charge in [-0.15, -0.1) is 0 Å². The molecular formula is C36H22NP2+. The van der Waals surface area contributed by atoms with Gasteiger partial charge in [-0.1, -0.05) is 101 Å². The lowest BCUT2D eigenvalue weighted by Crippen LogP contribution is -1.96. The van der Waals surface area contributed by atoms with Crippen LogP contribution in [0.5, 0.6) is 0 Å². The highest BCUT2D eigenvalue weighted by Gasteiger charge is 2.12. The molecule has 3 heteroatoms. The van der Waals surface area contributed by atoms with Crippen LogP contribution in [-0.2, 0) is 0 Å². The first kappa shape index (κ1) is 22.6. The van der Waals surface area contributed by atoms with Crippen molar-refractivity contribution < 1.29 is 0 Å². The summed E-state index contributed by atoms with van der Waals surface area (Å²) in [5.41, 5.74) is 0. The van der Waals surface area contributed by atoms with Crippen molar-refractivity contribution in [2.45, 2.75) is 0 Å². The van der Waals surface area contributed by atoms with Crippen LogP contribution in [0.25, 0.3) is 64.6 Å². The Hall–Kier alpha value is -4.37. The van der Waals surface area contributed by atoms with E-state index in [1.807, 2.05) is 0 Å². The monoisotopic (exact) mass is 530 g/mol. The minimum absolute atomic E-state index is 0.982. The first-order valence-corrected chi connectivity index (χ1v) is 14.8. The number of fused-ring (bicyclic) bond motifs is 8. The number of hydrogen-bond acceptors (Lipinski definition) is 0. The Labute approximate surface area is 229 Å².